The monoisotopic (exact) mass is 352 g/mol. The Kier molecular flexibility index (Phi) is 9.18. The summed E-state index contributed by atoms with van der Waals surface area (Å²) in [5.41, 5.74) is 0. The third kappa shape index (κ3) is 7.54. The van der Waals surface area contributed by atoms with Crippen LogP contribution in [0.4, 0.5) is 0 Å². The van der Waals surface area contributed by atoms with Crippen LogP contribution in [-0.2, 0) is 0 Å². The summed E-state index contributed by atoms with van der Waals surface area (Å²) >= 11 is 0. The van der Waals surface area contributed by atoms with Gasteiger partial charge in [0.15, 0.2) is 0 Å². The lowest BCUT2D eigenvalue weighted by atomic mass is 9.89. The molecule has 0 aromatic carbocycles. The van der Waals surface area contributed by atoms with Gasteiger partial charge in [-0.25, -0.2) is 0 Å². The Morgan fingerprint density at radius 2 is 1.16 bits per heavy atom. The van der Waals surface area contributed by atoms with Gasteiger partial charge in [0.1, 0.15) is 0 Å². The van der Waals surface area contributed by atoms with Gasteiger partial charge in [0.05, 0.1) is 0 Å². The van der Waals surface area contributed by atoms with Crippen molar-refractivity contribution < 1.29 is 0 Å². The smallest absolute Gasteiger partial charge is 0.0113 e. The fourth-order valence-electron chi connectivity index (χ4n) is 4.17. The van der Waals surface area contributed by atoms with Gasteiger partial charge in [0, 0.05) is 58.4 Å². The van der Waals surface area contributed by atoms with Crippen molar-refractivity contribution in [3.8, 4) is 0 Å². The second-order valence-electron chi connectivity index (χ2n) is 9.00. The summed E-state index contributed by atoms with van der Waals surface area (Å²) in [4.78, 5) is 10.4. The van der Waals surface area contributed by atoms with Gasteiger partial charge < -0.3 is 14.7 Å². The summed E-state index contributed by atoms with van der Waals surface area (Å²) < 4.78 is 0. The molecule has 2 rings (SSSR count). The molecular formula is C21H44N4. The van der Waals surface area contributed by atoms with E-state index in [9.17, 15) is 0 Å². The molecule has 2 aliphatic rings. The lowest BCUT2D eigenvalue weighted by Crippen LogP contribution is -2.48. The molecule has 2 aliphatic heterocycles. The van der Waals surface area contributed by atoms with Crippen LogP contribution in [0.1, 0.15) is 47.0 Å². The molecule has 0 spiro atoms. The maximum atomic E-state index is 2.68. The van der Waals surface area contributed by atoms with Gasteiger partial charge in [-0.1, -0.05) is 13.8 Å². The maximum Gasteiger partial charge on any atom is 0.0113 e. The van der Waals surface area contributed by atoms with Gasteiger partial charge in [0.25, 0.3) is 0 Å². The van der Waals surface area contributed by atoms with Crippen LogP contribution in [0.3, 0.4) is 0 Å². The second kappa shape index (κ2) is 10.9. The molecule has 0 aromatic rings. The average molecular weight is 353 g/mol. The minimum Gasteiger partial charge on any atom is -0.304 e. The fourth-order valence-corrected chi connectivity index (χ4v) is 4.17. The summed E-state index contributed by atoms with van der Waals surface area (Å²) in [6, 6.07) is 0.711. The first-order valence-corrected chi connectivity index (χ1v) is 10.8. The summed E-state index contributed by atoms with van der Waals surface area (Å²) in [6.45, 7) is 22.3. The summed E-state index contributed by atoms with van der Waals surface area (Å²) in [5.74, 6) is 1.72. The molecule has 148 valence electrons. The van der Waals surface area contributed by atoms with Crippen LogP contribution in [0.25, 0.3) is 0 Å². The molecule has 2 fully saturated rings. The minimum absolute atomic E-state index is 0.711. The zero-order chi connectivity index (χ0) is 18.2. The van der Waals surface area contributed by atoms with E-state index in [-0.39, 0.29) is 0 Å². The van der Waals surface area contributed by atoms with Crippen LogP contribution >= 0.6 is 0 Å². The first kappa shape index (κ1) is 21.1. The Labute approximate surface area is 157 Å². The van der Waals surface area contributed by atoms with Crippen molar-refractivity contribution in [2.75, 3.05) is 72.5 Å². The van der Waals surface area contributed by atoms with E-state index < -0.39 is 0 Å². The Morgan fingerprint density at radius 3 is 1.76 bits per heavy atom. The van der Waals surface area contributed by atoms with Gasteiger partial charge in [0.2, 0.25) is 0 Å². The number of nitrogens with zero attached hydrogens (tertiary/aromatic N) is 4. The molecule has 0 amide bonds. The molecule has 0 radical (unpaired) electrons. The van der Waals surface area contributed by atoms with Gasteiger partial charge in [-0.15, -0.1) is 0 Å². The van der Waals surface area contributed by atoms with Crippen LogP contribution in [0, 0.1) is 11.8 Å². The molecule has 4 heteroatoms. The highest BCUT2D eigenvalue weighted by Gasteiger charge is 2.20. The topological polar surface area (TPSA) is 13.0 Å². The van der Waals surface area contributed by atoms with Crippen molar-refractivity contribution in [3.05, 3.63) is 0 Å². The molecule has 2 unspecified atom stereocenters. The molecule has 2 saturated heterocycles. The molecule has 0 N–H and O–H groups in total. The first-order chi connectivity index (χ1) is 12.0. The zero-order valence-electron chi connectivity index (χ0n) is 17.7. The van der Waals surface area contributed by atoms with Crippen LogP contribution < -0.4 is 0 Å². The van der Waals surface area contributed by atoms with Crippen molar-refractivity contribution >= 4 is 0 Å². The molecule has 2 heterocycles. The van der Waals surface area contributed by atoms with E-state index in [1.807, 2.05) is 0 Å². The van der Waals surface area contributed by atoms with Crippen molar-refractivity contribution in [2.45, 2.75) is 53.0 Å². The van der Waals surface area contributed by atoms with E-state index in [1.54, 1.807) is 0 Å². The van der Waals surface area contributed by atoms with Crippen LogP contribution in [0.15, 0.2) is 0 Å². The third-order valence-corrected chi connectivity index (χ3v) is 6.74. The molecular weight excluding hydrogens is 308 g/mol. The molecule has 4 nitrogen and oxygen atoms in total. The quantitative estimate of drug-likeness (QED) is 0.632. The van der Waals surface area contributed by atoms with Crippen molar-refractivity contribution in [3.63, 3.8) is 0 Å². The third-order valence-electron chi connectivity index (χ3n) is 6.74. The lowest BCUT2D eigenvalue weighted by Gasteiger charge is -2.37. The Morgan fingerprint density at radius 1 is 0.640 bits per heavy atom. The predicted molar refractivity (Wildman–Crippen MR) is 109 cm³/mol. The van der Waals surface area contributed by atoms with E-state index in [4.69, 9.17) is 0 Å². The lowest BCUT2D eigenvalue weighted by molar-refractivity contribution is 0.105. The largest absolute Gasteiger partial charge is 0.304 e. The normalized spacial score (nSPS) is 24.7. The van der Waals surface area contributed by atoms with Gasteiger partial charge in [-0.05, 0) is 65.1 Å². The minimum atomic E-state index is 0.711. The van der Waals surface area contributed by atoms with E-state index in [0.717, 1.165) is 11.8 Å². The van der Waals surface area contributed by atoms with Crippen LogP contribution in [-0.4, -0.2) is 98.1 Å². The molecule has 0 aromatic heterocycles. The number of rotatable bonds is 9. The summed E-state index contributed by atoms with van der Waals surface area (Å²) in [7, 11) is 2.24. The molecule has 0 aliphatic carbocycles. The highest BCUT2D eigenvalue weighted by Crippen LogP contribution is 2.21. The van der Waals surface area contributed by atoms with Gasteiger partial charge in [-0.2, -0.15) is 0 Å². The maximum absolute atomic E-state index is 2.68. The fraction of sp³-hybridized carbons (Fsp3) is 1.00. The molecule has 0 saturated carbocycles. The number of piperazine rings is 2. The second-order valence-corrected chi connectivity index (χ2v) is 9.00. The van der Waals surface area contributed by atoms with E-state index in [2.05, 4.69) is 54.3 Å². The number of hydrogen-bond donors (Lipinski definition) is 0. The van der Waals surface area contributed by atoms with Gasteiger partial charge in [-0.3, -0.25) is 4.90 Å². The van der Waals surface area contributed by atoms with Crippen molar-refractivity contribution in [1.82, 2.24) is 19.6 Å². The molecule has 0 bridgehead atoms. The highest BCUT2D eigenvalue weighted by molar-refractivity contribution is 4.75. The van der Waals surface area contributed by atoms with E-state index in [0.29, 0.717) is 6.04 Å². The zero-order valence-corrected chi connectivity index (χ0v) is 17.7. The summed E-state index contributed by atoms with van der Waals surface area (Å²) in [5, 5.41) is 0. The van der Waals surface area contributed by atoms with Crippen molar-refractivity contribution in [2.24, 2.45) is 11.8 Å². The molecule has 2 atom stereocenters. The molecule has 25 heavy (non-hydrogen) atoms. The Balaban J connectivity index is 1.53. The van der Waals surface area contributed by atoms with Crippen LogP contribution in [0.2, 0.25) is 0 Å². The Bertz CT molecular complexity index is 344. The van der Waals surface area contributed by atoms with Gasteiger partial charge >= 0.3 is 0 Å². The highest BCUT2D eigenvalue weighted by atomic mass is 15.3. The average Bonchev–Trinajstić information content (AvgIpc) is 2.61. The number of likely N-dealkylation sites (N-methyl/N-ethyl adjacent to an activating group) is 1. The predicted octanol–water partition coefficient (Wildman–Crippen LogP) is 2.70. The van der Waals surface area contributed by atoms with E-state index >= 15 is 0 Å². The standard InChI is InChI=1S/C21H44N4/c1-19(2)25-17-15-23(16-18-25)9-6-7-20(3)21(4)8-10-24-13-11-22(5)12-14-24/h19-21H,6-18H2,1-5H3. The number of hydrogen-bond acceptors (Lipinski definition) is 4. The van der Waals surface area contributed by atoms with Crippen LogP contribution in [0.5, 0.6) is 0 Å². The van der Waals surface area contributed by atoms with E-state index in [1.165, 1.54) is 84.7 Å². The summed E-state index contributed by atoms with van der Waals surface area (Å²) in [6.07, 6.45) is 4.15. The Hall–Kier alpha value is -0.160. The first-order valence-electron chi connectivity index (χ1n) is 10.8. The SMILES string of the molecule is CC(CCCN1CCN(C(C)C)CC1)C(C)CCN1CCN(C)CC1. The van der Waals surface area contributed by atoms with Crippen molar-refractivity contribution in [1.29, 1.82) is 0 Å².